The van der Waals surface area contributed by atoms with E-state index in [1.54, 1.807) is 20.0 Å². The maximum atomic E-state index is 13.9. The lowest BCUT2D eigenvalue weighted by Gasteiger charge is -2.06. The van der Waals surface area contributed by atoms with Crippen LogP contribution in [0.4, 0.5) is 10.2 Å². The highest BCUT2D eigenvalue weighted by Crippen LogP contribution is 2.14. The molecule has 2 N–H and O–H groups in total. The fourth-order valence-electron chi connectivity index (χ4n) is 1.83. The topological polar surface area (TPSA) is 67.2 Å². The molecule has 6 heteroatoms. The number of anilines is 1. The Labute approximate surface area is 121 Å². The van der Waals surface area contributed by atoms with E-state index in [2.05, 4.69) is 22.3 Å². The number of aromatic nitrogens is 2. The molecule has 0 aliphatic rings. The second-order valence-corrected chi connectivity index (χ2v) is 4.40. The minimum atomic E-state index is -0.670. The first-order valence-corrected chi connectivity index (χ1v) is 6.22. The fourth-order valence-corrected chi connectivity index (χ4v) is 1.83. The Kier molecular flexibility index (Phi) is 4.36. The number of carbonyl (C=O) groups is 1. The molecule has 108 valence electrons. The molecule has 0 aliphatic carbocycles. The summed E-state index contributed by atoms with van der Waals surface area (Å²) < 4.78 is 15.4. The number of aliphatic hydroxyl groups excluding tert-OH is 1. The van der Waals surface area contributed by atoms with Gasteiger partial charge in [-0.05, 0) is 25.1 Å². The average molecular weight is 287 g/mol. The van der Waals surface area contributed by atoms with E-state index in [9.17, 15) is 9.18 Å². The van der Waals surface area contributed by atoms with Gasteiger partial charge in [-0.15, -0.1) is 0 Å². The highest BCUT2D eigenvalue weighted by atomic mass is 19.1. The predicted molar refractivity (Wildman–Crippen MR) is 76.3 cm³/mol. The summed E-state index contributed by atoms with van der Waals surface area (Å²) in [6, 6.07) is 5.73. The number of amides is 1. The van der Waals surface area contributed by atoms with Crippen molar-refractivity contribution < 1.29 is 14.3 Å². The quantitative estimate of drug-likeness (QED) is 0.822. The number of hydrogen-bond acceptors (Lipinski definition) is 3. The van der Waals surface area contributed by atoms with Gasteiger partial charge in [0, 0.05) is 18.7 Å². The molecule has 1 heterocycles. The summed E-state index contributed by atoms with van der Waals surface area (Å²) in [4.78, 5) is 12.1. The molecule has 1 aromatic carbocycles. The normalized spacial score (nSPS) is 9.90. The van der Waals surface area contributed by atoms with E-state index in [0.717, 1.165) is 11.8 Å². The van der Waals surface area contributed by atoms with E-state index >= 15 is 0 Å². The minimum absolute atomic E-state index is 0.0802. The Morgan fingerprint density at radius 1 is 1.48 bits per heavy atom. The zero-order valence-corrected chi connectivity index (χ0v) is 11.6. The van der Waals surface area contributed by atoms with Gasteiger partial charge in [0.15, 0.2) is 0 Å². The van der Waals surface area contributed by atoms with Crippen molar-refractivity contribution in [3.8, 4) is 11.8 Å². The Hall–Kier alpha value is -2.65. The smallest absolute Gasteiger partial charge is 0.259 e. The zero-order chi connectivity index (χ0) is 15.4. The summed E-state index contributed by atoms with van der Waals surface area (Å²) in [5.41, 5.74) is 1.07. The maximum Gasteiger partial charge on any atom is 0.259 e. The van der Waals surface area contributed by atoms with Crippen LogP contribution in [-0.2, 0) is 7.05 Å². The molecule has 0 fully saturated rings. The molecule has 0 bridgehead atoms. The van der Waals surface area contributed by atoms with Gasteiger partial charge in [0.2, 0.25) is 0 Å². The number of nitrogens with one attached hydrogen (secondary N) is 1. The van der Waals surface area contributed by atoms with Crippen LogP contribution in [0.15, 0.2) is 24.3 Å². The molecule has 0 unspecified atom stereocenters. The maximum absolute atomic E-state index is 13.9. The van der Waals surface area contributed by atoms with Crippen molar-refractivity contribution in [3.63, 3.8) is 0 Å². The van der Waals surface area contributed by atoms with Crippen LogP contribution in [0.3, 0.4) is 0 Å². The van der Waals surface area contributed by atoms with Crippen molar-refractivity contribution in [1.82, 2.24) is 9.78 Å². The van der Waals surface area contributed by atoms with Crippen LogP contribution in [0.25, 0.3) is 0 Å². The lowest BCUT2D eigenvalue weighted by Crippen LogP contribution is -2.16. The molecule has 1 amide bonds. The number of rotatable bonds is 2. The van der Waals surface area contributed by atoms with E-state index in [0.29, 0.717) is 11.4 Å². The van der Waals surface area contributed by atoms with Crippen molar-refractivity contribution in [2.75, 3.05) is 11.9 Å². The summed E-state index contributed by atoms with van der Waals surface area (Å²) in [5, 5.41) is 15.3. The Balaban J connectivity index is 2.21. The van der Waals surface area contributed by atoms with Crippen molar-refractivity contribution in [2.45, 2.75) is 6.92 Å². The zero-order valence-electron chi connectivity index (χ0n) is 11.6. The molecule has 21 heavy (non-hydrogen) atoms. The van der Waals surface area contributed by atoms with Crippen LogP contribution in [0.2, 0.25) is 0 Å². The molecule has 2 rings (SSSR count). The number of benzene rings is 1. The van der Waals surface area contributed by atoms with Gasteiger partial charge in [0.25, 0.3) is 5.91 Å². The molecule has 0 radical (unpaired) electrons. The van der Waals surface area contributed by atoms with Gasteiger partial charge < -0.3 is 10.4 Å². The van der Waals surface area contributed by atoms with Crippen LogP contribution in [0.1, 0.15) is 21.6 Å². The van der Waals surface area contributed by atoms with Gasteiger partial charge in [-0.2, -0.15) is 5.10 Å². The van der Waals surface area contributed by atoms with Crippen LogP contribution >= 0.6 is 0 Å². The summed E-state index contributed by atoms with van der Waals surface area (Å²) in [5.74, 6) is 4.25. The number of carbonyl (C=O) groups excluding carboxylic acids is 1. The predicted octanol–water partition coefficient (Wildman–Crippen LogP) is 1.46. The Bertz CT molecular complexity index is 741. The number of nitrogens with zero attached hydrogens (tertiary/aromatic N) is 2. The molecule has 0 saturated carbocycles. The Morgan fingerprint density at radius 2 is 2.24 bits per heavy atom. The third-order valence-electron chi connectivity index (χ3n) is 2.77. The van der Waals surface area contributed by atoms with Crippen molar-refractivity contribution in [2.24, 2.45) is 7.05 Å². The summed E-state index contributed by atoms with van der Waals surface area (Å²) in [7, 11) is 1.69. The third-order valence-corrected chi connectivity index (χ3v) is 2.77. The van der Waals surface area contributed by atoms with Crippen LogP contribution in [0, 0.1) is 24.6 Å². The van der Waals surface area contributed by atoms with Crippen molar-refractivity contribution in [1.29, 1.82) is 0 Å². The average Bonchev–Trinajstić information content (AvgIpc) is 2.74. The molecule has 0 aliphatic heterocycles. The lowest BCUT2D eigenvalue weighted by molar-refractivity contribution is 0.102. The highest BCUT2D eigenvalue weighted by molar-refractivity contribution is 6.04. The molecular weight excluding hydrogens is 273 g/mol. The van der Waals surface area contributed by atoms with Gasteiger partial charge >= 0.3 is 0 Å². The molecule has 0 spiro atoms. The van der Waals surface area contributed by atoms with E-state index < -0.39 is 11.7 Å². The fraction of sp³-hybridized carbons (Fsp3) is 0.200. The molecule has 0 atom stereocenters. The first-order valence-electron chi connectivity index (χ1n) is 6.22. The number of aliphatic hydroxyl groups is 1. The van der Waals surface area contributed by atoms with Gasteiger partial charge in [-0.25, -0.2) is 4.39 Å². The Morgan fingerprint density at radius 3 is 2.81 bits per heavy atom. The summed E-state index contributed by atoms with van der Waals surface area (Å²) in [6.07, 6.45) is 0. The monoisotopic (exact) mass is 287 g/mol. The largest absolute Gasteiger partial charge is 0.384 e. The number of halogens is 1. The molecule has 0 saturated heterocycles. The minimum Gasteiger partial charge on any atom is -0.384 e. The van der Waals surface area contributed by atoms with Crippen LogP contribution in [0.5, 0.6) is 0 Å². The number of hydrogen-bond donors (Lipinski definition) is 2. The van der Waals surface area contributed by atoms with E-state index in [4.69, 9.17) is 5.11 Å². The molecule has 2 aromatic rings. The van der Waals surface area contributed by atoms with E-state index in [1.807, 2.05) is 0 Å². The first kappa shape index (κ1) is 14.8. The van der Waals surface area contributed by atoms with Gasteiger partial charge in [-0.3, -0.25) is 9.48 Å². The summed E-state index contributed by atoms with van der Waals surface area (Å²) in [6.45, 7) is 1.49. The lowest BCUT2D eigenvalue weighted by atomic mass is 10.1. The molecule has 1 aromatic heterocycles. The molecule has 5 nitrogen and oxygen atoms in total. The van der Waals surface area contributed by atoms with E-state index in [1.165, 1.54) is 16.8 Å². The second-order valence-electron chi connectivity index (χ2n) is 4.40. The van der Waals surface area contributed by atoms with E-state index in [-0.39, 0.29) is 12.2 Å². The molecular formula is C15H14FN3O2. The SMILES string of the molecule is Cc1cc(NC(=O)c2ccc(C#CCO)cc2F)n(C)n1. The van der Waals surface area contributed by atoms with Gasteiger partial charge in [0.05, 0.1) is 11.3 Å². The van der Waals surface area contributed by atoms with Crippen molar-refractivity contribution >= 4 is 11.7 Å². The first-order chi connectivity index (χ1) is 10.0. The number of aryl methyl sites for hydroxylation is 2. The standard InChI is InChI=1S/C15H14FN3O2/c1-10-8-14(19(2)18-10)17-15(21)12-6-5-11(4-3-7-20)9-13(12)16/h5-6,8-9,20H,7H2,1-2H3,(H,17,21). The van der Waals surface area contributed by atoms with Crippen molar-refractivity contribution in [3.05, 3.63) is 46.9 Å². The van der Waals surface area contributed by atoms with Crippen LogP contribution < -0.4 is 5.32 Å². The summed E-state index contributed by atoms with van der Waals surface area (Å²) >= 11 is 0. The van der Waals surface area contributed by atoms with Gasteiger partial charge in [-0.1, -0.05) is 11.8 Å². The van der Waals surface area contributed by atoms with Crippen LogP contribution in [-0.4, -0.2) is 27.4 Å². The third kappa shape index (κ3) is 3.46. The highest BCUT2D eigenvalue weighted by Gasteiger charge is 2.14. The van der Waals surface area contributed by atoms with Gasteiger partial charge in [0.1, 0.15) is 18.2 Å². The second kappa shape index (κ2) is 6.20.